The number of rotatable bonds is 10. The number of carbonyl (C=O) groups is 2. The van der Waals surface area contributed by atoms with Crippen molar-refractivity contribution >= 4 is 23.3 Å². The Hall–Kier alpha value is -3.91. The Balaban J connectivity index is 1.65. The lowest BCUT2D eigenvalue weighted by Gasteiger charge is -2.19. The van der Waals surface area contributed by atoms with Crippen molar-refractivity contribution in [2.24, 2.45) is 16.7 Å². The van der Waals surface area contributed by atoms with Crippen LogP contribution in [0, 0.1) is 0 Å². The molecule has 0 saturated heterocycles. The summed E-state index contributed by atoms with van der Waals surface area (Å²) in [5, 5.41) is 7.89. The maximum atomic E-state index is 12.7. The van der Waals surface area contributed by atoms with E-state index in [0.717, 1.165) is 34.6 Å². The fraction of sp³-hybridized carbons (Fsp3) is 0.296. The van der Waals surface area contributed by atoms with Gasteiger partial charge < -0.3 is 15.8 Å². The highest BCUT2D eigenvalue weighted by atomic mass is 16.5. The van der Waals surface area contributed by atoms with Gasteiger partial charge >= 0.3 is 5.97 Å². The molecular weight excluding hydrogens is 442 g/mol. The number of hydrogen-bond donors (Lipinski definition) is 3. The van der Waals surface area contributed by atoms with Gasteiger partial charge in [-0.2, -0.15) is 0 Å². The number of amides is 1. The minimum Gasteiger partial charge on any atom is -0.466 e. The quantitative estimate of drug-likeness (QED) is 0.160. The fourth-order valence-electron chi connectivity index (χ4n) is 3.79. The zero-order valence-corrected chi connectivity index (χ0v) is 20.0. The molecule has 1 aliphatic carbocycles. The van der Waals surface area contributed by atoms with Gasteiger partial charge in [-0.25, -0.2) is 11.0 Å². The highest BCUT2D eigenvalue weighted by Gasteiger charge is 2.20. The molecule has 0 spiro atoms. The summed E-state index contributed by atoms with van der Waals surface area (Å²) in [5.41, 5.74) is 10.1. The molecule has 0 aliphatic heterocycles. The number of amidine groups is 1. The number of carbonyl (C=O) groups excluding carboxylic acids is 2. The van der Waals surface area contributed by atoms with Gasteiger partial charge in [-0.1, -0.05) is 72.8 Å². The summed E-state index contributed by atoms with van der Waals surface area (Å²) in [6, 6.07) is 17.0. The van der Waals surface area contributed by atoms with Crippen LogP contribution >= 0.6 is 0 Å². The van der Waals surface area contributed by atoms with Crippen molar-refractivity contribution in [3.05, 3.63) is 89.5 Å². The van der Waals surface area contributed by atoms with Gasteiger partial charge in [0.1, 0.15) is 0 Å². The number of benzene rings is 2. The van der Waals surface area contributed by atoms with Crippen molar-refractivity contribution in [3.8, 4) is 0 Å². The highest BCUT2D eigenvalue weighted by Crippen LogP contribution is 2.22. The van der Waals surface area contributed by atoms with E-state index in [1.165, 1.54) is 5.57 Å². The normalized spacial score (nSPS) is 14.1. The fourth-order valence-corrected chi connectivity index (χ4v) is 3.79. The minimum atomic E-state index is -0.600. The van der Waals surface area contributed by atoms with E-state index in [0.29, 0.717) is 13.0 Å². The summed E-state index contributed by atoms with van der Waals surface area (Å²) in [6.07, 6.45) is 9.07. The van der Waals surface area contributed by atoms with Crippen LogP contribution in [-0.4, -0.2) is 35.5 Å². The Morgan fingerprint density at radius 3 is 2.49 bits per heavy atom. The summed E-state index contributed by atoms with van der Waals surface area (Å²) in [6.45, 7) is 2.30. The molecule has 8 heteroatoms. The first-order valence-corrected chi connectivity index (χ1v) is 11.8. The van der Waals surface area contributed by atoms with Crippen molar-refractivity contribution in [2.75, 3.05) is 6.61 Å². The highest BCUT2D eigenvalue weighted by molar-refractivity contribution is 6.37. The minimum absolute atomic E-state index is 0.0128. The van der Waals surface area contributed by atoms with Gasteiger partial charge in [0.25, 0.3) is 5.91 Å². The second kappa shape index (κ2) is 13.1. The summed E-state index contributed by atoms with van der Waals surface area (Å²) in [5.74, 6) is 4.61. The third-order valence-electron chi connectivity index (χ3n) is 5.47. The average Bonchev–Trinajstić information content (AvgIpc) is 2.85. The molecule has 1 aliphatic rings. The van der Waals surface area contributed by atoms with Crippen LogP contribution in [0.1, 0.15) is 42.9 Å². The monoisotopic (exact) mass is 475 g/mol. The van der Waals surface area contributed by atoms with Gasteiger partial charge in [0.05, 0.1) is 19.6 Å². The number of hydrazine groups is 1. The number of nitrogens with two attached hydrogens (primary N) is 2. The molecule has 2 aromatic rings. The largest absolute Gasteiger partial charge is 0.466 e. The number of hydrazone groups is 1. The molecule has 2 aromatic carbocycles. The number of allylic oxidation sites excluding steroid dienone is 4. The summed E-state index contributed by atoms with van der Waals surface area (Å²) < 4.78 is 5.09. The van der Waals surface area contributed by atoms with Crippen molar-refractivity contribution in [1.29, 1.82) is 0 Å². The molecule has 0 unspecified atom stereocenters. The summed E-state index contributed by atoms with van der Waals surface area (Å²) >= 11 is 0. The van der Waals surface area contributed by atoms with Gasteiger partial charge in [-0.05, 0) is 48.4 Å². The summed E-state index contributed by atoms with van der Waals surface area (Å²) in [4.78, 5) is 24.9. The Labute approximate surface area is 206 Å². The molecule has 0 bridgehead atoms. The molecule has 1 amide bonds. The maximum absolute atomic E-state index is 12.7. The number of ether oxygens (including phenoxy) is 1. The standard InChI is InChI=1S/C27H33N5O3/c1-2-35-25(33)18-24(17-20-13-15-23(16-14-20)22-11-7-4-8-12-22)30-27(34)26(28)31-32(29)19-21-9-5-3-6-10-21/h3,5-7,9-16,24H,2,4,8,17-19,29H2,1H3,(H2,28,31)(H,30,34)/t24-/m1/s1. The molecule has 0 fully saturated rings. The van der Waals surface area contributed by atoms with E-state index in [1.807, 2.05) is 54.6 Å². The van der Waals surface area contributed by atoms with E-state index in [9.17, 15) is 9.59 Å². The van der Waals surface area contributed by atoms with E-state index in [1.54, 1.807) is 6.92 Å². The van der Waals surface area contributed by atoms with E-state index < -0.39 is 17.9 Å². The third-order valence-corrected chi connectivity index (χ3v) is 5.47. The van der Waals surface area contributed by atoms with Gasteiger partial charge in [0, 0.05) is 6.04 Å². The molecule has 0 saturated carbocycles. The number of hydrogen-bond acceptors (Lipinski definition) is 6. The van der Waals surface area contributed by atoms with E-state index >= 15 is 0 Å². The third kappa shape index (κ3) is 8.42. The maximum Gasteiger partial charge on any atom is 0.307 e. The van der Waals surface area contributed by atoms with Crippen molar-refractivity contribution in [1.82, 2.24) is 10.4 Å². The Morgan fingerprint density at radius 2 is 1.83 bits per heavy atom. The Kier molecular flexibility index (Phi) is 9.62. The lowest BCUT2D eigenvalue weighted by Crippen LogP contribution is -2.45. The zero-order valence-electron chi connectivity index (χ0n) is 20.0. The molecule has 184 valence electrons. The van der Waals surface area contributed by atoms with E-state index in [-0.39, 0.29) is 18.9 Å². The molecule has 0 heterocycles. The molecule has 3 rings (SSSR count). The molecule has 8 nitrogen and oxygen atoms in total. The molecule has 35 heavy (non-hydrogen) atoms. The van der Waals surface area contributed by atoms with Crippen LogP contribution in [0.4, 0.5) is 0 Å². The lowest BCUT2D eigenvalue weighted by atomic mass is 9.96. The number of esters is 1. The van der Waals surface area contributed by atoms with Gasteiger partial charge in [-0.3, -0.25) is 9.59 Å². The van der Waals surface area contributed by atoms with Crippen molar-refractivity contribution in [3.63, 3.8) is 0 Å². The first-order chi connectivity index (χ1) is 16.9. The molecule has 0 aromatic heterocycles. The van der Waals surface area contributed by atoms with Gasteiger partial charge in [0.15, 0.2) is 0 Å². The van der Waals surface area contributed by atoms with Crippen LogP contribution < -0.4 is 16.9 Å². The predicted molar refractivity (Wildman–Crippen MR) is 137 cm³/mol. The Morgan fingerprint density at radius 1 is 1.09 bits per heavy atom. The van der Waals surface area contributed by atoms with E-state index in [4.69, 9.17) is 16.3 Å². The first kappa shape index (κ1) is 25.7. The molecule has 5 N–H and O–H groups in total. The molecule has 0 radical (unpaired) electrons. The zero-order chi connectivity index (χ0) is 25.0. The molecular formula is C27H33N5O3. The molecule has 1 atom stereocenters. The van der Waals surface area contributed by atoms with Crippen LogP contribution in [0.25, 0.3) is 5.57 Å². The topological polar surface area (TPSA) is 123 Å². The number of nitrogens with one attached hydrogen (secondary N) is 1. The van der Waals surface area contributed by atoms with Crippen LogP contribution in [0.15, 0.2) is 77.9 Å². The first-order valence-electron chi connectivity index (χ1n) is 11.8. The SMILES string of the molecule is CCOC(=O)C[C@@H](Cc1ccc(C2=CCCC=C2)cc1)NC(=O)/C(N)=N/N(N)Cc1ccccc1. The second-order valence-corrected chi connectivity index (χ2v) is 8.29. The van der Waals surface area contributed by atoms with Crippen molar-refractivity contribution in [2.45, 2.75) is 45.2 Å². The Bertz CT molecular complexity index is 1080. The van der Waals surface area contributed by atoms with Crippen LogP contribution in [-0.2, 0) is 27.3 Å². The van der Waals surface area contributed by atoms with Crippen LogP contribution in [0.5, 0.6) is 0 Å². The predicted octanol–water partition coefficient (Wildman–Crippen LogP) is 3.05. The number of nitrogens with zero attached hydrogens (tertiary/aromatic N) is 2. The van der Waals surface area contributed by atoms with Gasteiger partial charge in [0.2, 0.25) is 5.84 Å². The van der Waals surface area contributed by atoms with E-state index in [2.05, 4.69) is 28.6 Å². The van der Waals surface area contributed by atoms with Crippen LogP contribution in [0.3, 0.4) is 0 Å². The summed E-state index contributed by atoms with van der Waals surface area (Å²) in [7, 11) is 0. The van der Waals surface area contributed by atoms with Gasteiger partial charge in [-0.15, -0.1) is 5.10 Å². The second-order valence-electron chi connectivity index (χ2n) is 8.29. The van der Waals surface area contributed by atoms with Crippen LogP contribution in [0.2, 0.25) is 0 Å². The average molecular weight is 476 g/mol. The van der Waals surface area contributed by atoms with Crippen molar-refractivity contribution < 1.29 is 14.3 Å². The lowest BCUT2D eigenvalue weighted by molar-refractivity contribution is -0.143. The smallest absolute Gasteiger partial charge is 0.307 e.